The Bertz CT molecular complexity index is 999. The normalized spacial score (nSPS) is 20.9. The van der Waals surface area contributed by atoms with Crippen LogP contribution in [-0.2, 0) is 32.2 Å². The maximum atomic E-state index is 10.6. The molecule has 1 aromatic heterocycles. The predicted molar refractivity (Wildman–Crippen MR) is 120 cm³/mol. The van der Waals surface area contributed by atoms with Crippen molar-refractivity contribution >= 4 is 11.9 Å². The topological polar surface area (TPSA) is 109 Å². The number of fused-ring (bicyclic) bond motifs is 1. The van der Waals surface area contributed by atoms with Crippen LogP contribution in [0.4, 0.5) is 26.3 Å². The first-order valence-electron chi connectivity index (χ1n) is 11.1. The third-order valence-electron chi connectivity index (χ3n) is 5.71. The molecular weight excluding hydrogens is 526 g/mol. The molecule has 38 heavy (non-hydrogen) atoms. The van der Waals surface area contributed by atoms with Crippen LogP contribution in [0.5, 0.6) is 0 Å². The first-order chi connectivity index (χ1) is 17.7. The van der Waals surface area contributed by atoms with Gasteiger partial charge in [0.15, 0.2) is 0 Å². The van der Waals surface area contributed by atoms with E-state index in [0.717, 1.165) is 45.0 Å². The number of benzene rings is 1. The van der Waals surface area contributed by atoms with Crippen LogP contribution in [0, 0.1) is 11.3 Å². The second kappa shape index (κ2) is 13.5. The van der Waals surface area contributed by atoms with Crippen molar-refractivity contribution in [3.8, 4) is 0 Å². The molecule has 4 rings (SSSR count). The summed E-state index contributed by atoms with van der Waals surface area (Å²) in [7, 11) is 0. The zero-order valence-electron chi connectivity index (χ0n) is 19.9. The van der Waals surface area contributed by atoms with Gasteiger partial charge in [0, 0.05) is 43.4 Å². The van der Waals surface area contributed by atoms with Crippen molar-refractivity contribution in [2.45, 2.75) is 25.5 Å². The number of pyridine rings is 1. The molecule has 0 aliphatic carbocycles. The molecule has 0 spiro atoms. The highest BCUT2D eigenvalue weighted by Crippen LogP contribution is 2.42. The van der Waals surface area contributed by atoms with Gasteiger partial charge in [-0.1, -0.05) is 36.4 Å². The van der Waals surface area contributed by atoms with Crippen LogP contribution in [0.15, 0.2) is 54.9 Å². The molecule has 0 radical (unpaired) electrons. The lowest BCUT2D eigenvalue weighted by molar-refractivity contribution is -0.193. The van der Waals surface area contributed by atoms with E-state index in [2.05, 4.69) is 46.3 Å². The van der Waals surface area contributed by atoms with Crippen LogP contribution < -0.4 is 0 Å². The highest BCUT2D eigenvalue weighted by molar-refractivity contribution is 5.73. The van der Waals surface area contributed by atoms with Crippen LogP contribution in [0.2, 0.25) is 0 Å². The summed E-state index contributed by atoms with van der Waals surface area (Å²) in [5.74, 6) is -4.94. The number of aliphatic carboxylic acids is 2. The quantitative estimate of drug-likeness (QED) is 0.518. The molecule has 0 amide bonds. The number of carboxylic acid groups (broad SMARTS) is 2. The van der Waals surface area contributed by atoms with E-state index in [1.807, 2.05) is 12.3 Å². The minimum absolute atomic E-state index is 0.150. The summed E-state index contributed by atoms with van der Waals surface area (Å²) < 4.78 is 75.3. The molecule has 0 bridgehead atoms. The smallest absolute Gasteiger partial charge is 0.475 e. The fraction of sp³-hybridized carbons (Fsp3) is 0.458. The van der Waals surface area contributed by atoms with Crippen molar-refractivity contribution in [2.24, 2.45) is 11.3 Å². The lowest BCUT2D eigenvalue weighted by Crippen LogP contribution is -2.35. The molecule has 210 valence electrons. The number of carbonyl (C=O) groups is 2. The second-order valence-corrected chi connectivity index (χ2v) is 8.69. The van der Waals surface area contributed by atoms with Crippen LogP contribution in [0.1, 0.15) is 11.1 Å². The summed E-state index contributed by atoms with van der Waals surface area (Å²) >= 11 is 0. The fourth-order valence-corrected chi connectivity index (χ4v) is 3.96. The summed E-state index contributed by atoms with van der Waals surface area (Å²) in [4.78, 5) is 24.5. The predicted octanol–water partition coefficient (Wildman–Crippen LogP) is 4.01. The van der Waals surface area contributed by atoms with E-state index >= 15 is 0 Å². The molecule has 2 aliphatic heterocycles. The van der Waals surface area contributed by atoms with E-state index in [-0.39, 0.29) is 5.41 Å². The monoisotopic (exact) mass is 552 g/mol. The van der Waals surface area contributed by atoms with Gasteiger partial charge in [-0.25, -0.2) is 9.59 Å². The van der Waals surface area contributed by atoms with E-state index in [4.69, 9.17) is 29.3 Å². The molecule has 2 fully saturated rings. The zero-order chi connectivity index (χ0) is 28.4. The Labute approximate surface area is 213 Å². The number of likely N-dealkylation sites (tertiary alicyclic amines) is 1. The summed E-state index contributed by atoms with van der Waals surface area (Å²) in [5.41, 5.74) is 2.66. The number of ether oxygens (including phenoxy) is 2. The maximum Gasteiger partial charge on any atom is 0.490 e. The molecule has 2 aliphatic rings. The second-order valence-electron chi connectivity index (χ2n) is 8.69. The van der Waals surface area contributed by atoms with Gasteiger partial charge in [-0.2, -0.15) is 26.3 Å². The van der Waals surface area contributed by atoms with Crippen LogP contribution in [0.3, 0.4) is 0 Å². The van der Waals surface area contributed by atoms with Gasteiger partial charge in [0.1, 0.15) is 0 Å². The van der Waals surface area contributed by atoms with Crippen LogP contribution in [-0.4, -0.2) is 77.3 Å². The van der Waals surface area contributed by atoms with E-state index in [1.54, 1.807) is 6.20 Å². The Morgan fingerprint density at radius 3 is 2.11 bits per heavy atom. The molecule has 8 nitrogen and oxygen atoms in total. The van der Waals surface area contributed by atoms with E-state index in [1.165, 1.54) is 5.56 Å². The molecule has 3 heterocycles. The van der Waals surface area contributed by atoms with Crippen molar-refractivity contribution in [1.82, 2.24) is 9.88 Å². The first kappa shape index (κ1) is 31.0. The summed E-state index contributed by atoms with van der Waals surface area (Å²) in [5, 5.41) is 14.2. The van der Waals surface area contributed by atoms with Gasteiger partial charge in [0.05, 0.1) is 26.4 Å². The summed E-state index contributed by atoms with van der Waals surface area (Å²) in [6, 6.07) is 14.7. The number of hydrogen-bond donors (Lipinski definition) is 2. The van der Waals surface area contributed by atoms with Gasteiger partial charge in [0.2, 0.25) is 0 Å². The number of hydrogen-bond acceptors (Lipinski definition) is 6. The number of carboxylic acids is 2. The summed E-state index contributed by atoms with van der Waals surface area (Å²) in [6.07, 6.45) is -6.50. The number of nitrogens with zero attached hydrogens (tertiary/aromatic N) is 2. The van der Waals surface area contributed by atoms with Crippen molar-refractivity contribution in [1.29, 1.82) is 0 Å². The highest BCUT2D eigenvalue weighted by atomic mass is 19.4. The lowest BCUT2D eigenvalue weighted by Gasteiger charge is -2.27. The van der Waals surface area contributed by atoms with Crippen LogP contribution >= 0.6 is 0 Å². The molecule has 14 heteroatoms. The SMILES string of the molecule is O=C(O)C(F)(F)F.O=C(O)C(F)(F)F.c1ccc(CN2C[C@@H]3COC[C@]3(COCc3cccnc3)C2)cc1. The molecule has 2 aromatic rings. The molecule has 2 atom stereocenters. The number of halogens is 6. The third kappa shape index (κ3) is 9.91. The number of rotatable bonds is 6. The average Bonchev–Trinajstić information content (AvgIpc) is 3.36. The Morgan fingerprint density at radius 1 is 1.00 bits per heavy atom. The van der Waals surface area contributed by atoms with Gasteiger partial charge in [0.25, 0.3) is 0 Å². The average molecular weight is 552 g/mol. The van der Waals surface area contributed by atoms with Gasteiger partial charge in [-0.3, -0.25) is 9.88 Å². The maximum absolute atomic E-state index is 10.6. The molecule has 0 saturated carbocycles. The van der Waals surface area contributed by atoms with Gasteiger partial charge in [-0.15, -0.1) is 0 Å². The van der Waals surface area contributed by atoms with Crippen molar-refractivity contribution in [2.75, 3.05) is 32.9 Å². The van der Waals surface area contributed by atoms with Crippen molar-refractivity contribution in [3.05, 3.63) is 66.0 Å². The third-order valence-corrected chi connectivity index (χ3v) is 5.71. The molecular formula is C24H26F6N2O6. The largest absolute Gasteiger partial charge is 0.490 e. The number of aromatic nitrogens is 1. The summed E-state index contributed by atoms with van der Waals surface area (Å²) in [6.45, 7) is 6.24. The standard InChI is InChI=1S/C20H24N2O2.2C2HF3O2/c1-2-5-17(6-3-1)10-22-11-19-13-24-16-20(19,14-22)15-23-12-18-7-4-8-21-9-18;2*3-2(4,5)1(6)7/h1-9,19H,10-16H2;2*(H,6,7)/t19-,20-;;/m1../s1. The Kier molecular flexibility index (Phi) is 11.0. The van der Waals surface area contributed by atoms with E-state index < -0.39 is 24.3 Å². The molecule has 2 saturated heterocycles. The molecule has 2 N–H and O–H groups in total. The lowest BCUT2D eigenvalue weighted by atomic mass is 9.82. The number of alkyl halides is 6. The van der Waals surface area contributed by atoms with Crippen LogP contribution in [0.25, 0.3) is 0 Å². The van der Waals surface area contributed by atoms with E-state index in [9.17, 15) is 26.3 Å². The Morgan fingerprint density at radius 2 is 1.58 bits per heavy atom. The molecule has 1 aromatic carbocycles. The fourth-order valence-electron chi connectivity index (χ4n) is 3.96. The minimum Gasteiger partial charge on any atom is -0.475 e. The van der Waals surface area contributed by atoms with Crippen molar-refractivity contribution in [3.63, 3.8) is 0 Å². The Hall–Kier alpha value is -3.23. The van der Waals surface area contributed by atoms with E-state index in [0.29, 0.717) is 12.5 Å². The molecule has 0 unspecified atom stereocenters. The zero-order valence-corrected chi connectivity index (χ0v) is 19.9. The van der Waals surface area contributed by atoms with Crippen molar-refractivity contribution < 1.29 is 55.6 Å². The van der Waals surface area contributed by atoms with Gasteiger partial charge >= 0.3 is 24.3 Å². The van der Waals surface area contributed by atoms with Gasteiger partial charge in [-0.05, 0) is 17.2 Å². The first-order valence-corrected chi connectivity index (χ1v) is 11.1. The van der Waals surface area contributed by atoms with Gasteiger partial charge < -0.3 is 19.7 Å². The highest BCUT2D eigenvalue weighted by Gasteiger charge is 2.50. The Balaban J connectivity index is 0.000000301. The minimum atomic E-state index is -5.08.